The van der Waals surface area contributed by atoms with Gasteiger partial charge < -0.3 is 9.84 Å². The van der Waals surface area contributed by atoms with Crippen molar-refractivity contribution in [2.75, 3.05) is 6.61 Å². The summed E-state index contributed by atoms with van der Waals surface area (Å²) in [6.45, 7) is 7.54. The topological polar surface area (TPSA) is 81.4 Å². The van der Waals surface area contributed by atoms with Crippen LogP contribution < -0.4 is 0 Å². The molecule has 1 aromatic heterocycles. The maximum Gasteiger partial charge on any atom is 0.357 e. The monoisotopic (exact) mass is 316 g/mol. The second kappa shape index (κ2) is 6.24. The lowest BCUT2D eigenvalue weighted by molar-refractivity contribution is 0.0511. The van der Waals surface area contributed by atoms with E-state index in [-0.39, 0.29) is 17.9 Å². The molecule has 0 spiro atoms. The second-order valence-corrected chi connectivity index (χ2v) is 6.10. The van der Waals surface area contributed by atoms with E-state index >= 15 is 0 Å². The van der Waals surface area contributed by atoms with E-state index in [0.29, 0.717) is 11.4 Å². The molecule has 0 radical (unpaired) electrons. The van der Waals surface area contributed by atoms with Crippen LogP contribution in [0.25, 0.3) is 5.69 Å². The number of carbonyl (C=O) groups is 2. The molecule has 122 valence electrons. The summed E-state index contributed by atoms with van der Waals surface area (Å²) >= 11 is 0. The third-order valence-electron chi connectivity index (χ3n) is 3.28. The molecule has 6 heteroatoms. The van der Waals surface area contributed by atoms with Gasteiger partial charge in [0.15, 0.2) is 5.69 Å². The molecule has 0 bridgehead atoms. The van der Waals surface area contributed by atoms with E-state index in [9.17, 15) is 14.7 Å². The lowest BCUT2D eigenvalue weighted by Gasteiger charge is -2.22. The van der Waals surface area contributed by atoms with E-state index in [4.69, 9.17) is 4.74 Å². The second-order valence-electron chi connectivity index (χ2n) is 6.10. The largest absolute Gasteiger partial charge is 0.476 e. The van der Waals surface area contributed by atoms with Crippen LogP contribution in [-0.4, -0.2) is 33.4 Å². The molecule has 0 amide bonds. The van der Waals surface area contributed by atoms with E-state index in [1.807, 2.05) is 51.1 Å². The molecule has 6 nitrogen and oxygen atoms in total. The Kier molecular flexibility index (Phi) is 4.54. The van der Waals surface area contributed by atoms with Gasteiger partial charge in [0.25, 0.3) is 0 Å². The first-order valence-electron chi connectivity index (χ1n) is 7.36. The molecule has 0 aliphatic carbocycles. The quantitative estimate of drug-likeness (QED) is 0.877. The molecule has 0 unspecified atom stereocenters. The Labute approximate surface area is 134 Å². The summed E-state index contributed by atoms with van der Waals surface area (Å²) in [5.41, 5.74) is 0.418. The molecular formula is C17H20N2O4. The van der Waals surface area contributed by atoms with Gasteiger partial charge in [-0.15, -0.1) is 0 Å². The van der Waals surface area contributed by atoms with Crippen molar-refractivity contribution in [2.24, 2.45) is 0 Å². The fourth-order valence-electron chi connectivity index (χ4n) is 2.41. The number of para-hydroxylation sites is 1. The van der Waals surface area contributed by atoms with Gasteiger partial charge in [0, 0.05) is 5.41 Å². The molecule has 1 heterocycles. The zero-order valence-corrected chi connectivity index (χ0v) is 13.7. The van der Waals surface area contributed by atoms with Gasteiger partial charge in [-0.1, -0.05) is 39.0 Å². The normalized spacial score (nSPS) is 11.3. The molecule has 2 rings (SSSR count). The van der Waals surface area contributed by atoms with E-state index in [2.05, 4.69) is 5.10 Å². The number of benzene rings is 1. The minimum atomic E-state index is -1.26. The molecule has 0 saturated carbocycles. The van der Waals surface area contributed by atoms with Crippen LogP contribution in [0.15, 0.2) is 30.3 Å². The summed E-state index contributed by atoms with van der Waals surface area (Å²) in [5, 5.41) is 13.6. The first-order valence-corrected chi connectivity index (χ1v) is 7.36. The minimum Gasteiger partial charge on any atom is -0.476 e. The molecule has 1 aromatic carbocycles. The smallest absolute Gasteiger partial charge is 0.357 e. The van der Waals surface area contributed by atoms with Crippen LogP contribution in [0.4, 0.5) is 0 Å². The van der Waals surface area contributed by atoms with Crippen LogP contribution >= 0.6 is 0 Å². The number of aromatic nitrogens is 2. The molecule has 0 fully saturated rings. The summed E-state index contributed by atoms with van der Waals surface area (Å²) in [4.78, 5) is 23.9. The average molecular weight is 316 g/mol. The summed E-state index contributed by atoms with van der Waals surface area (Å²) in [6, 6.07) is 9.13. The Bertz CT molecular complexity index is 727. The van der Waals surface area contributed by atoms with E-state index in [1.165, 1.54) is 4.68 Å². The van der Waals surface area contributed by atoms with E-state index < -0.39 is 17.4 Å². The van der Waals surface area contributed by atoms with Crippen molar-refractivity contribution in [3.8, 4) is 5.69 Å². The lowest BCUT2D eigenvalue weighted by atomic mass is 9.88. The highest BCUT2D eigenvalue weighted by molar-refractivity contribution is 6.02. The van der Waals surface area contributed by atoms with Crippen molar-refractivity contribution in [2.45, 2.75) is 33.1 Å². The van der Waals surface area contributed by atoms with Crippen LogP contribution in [0.5, 0.6) is 0 Å². The summed E-state index contributed by atoms with van der Waals surface area (Å²) in [7, 11) is 0. The van der Waals surface area contributed by atoms with Gasteiger partial charge >= 0.3 is 11.9 Å². The maximum absolute atomic E-state index is 12.3. The first kappa shape index (κ1) is 16.7. The number of esters is 1. The van der Waals surface area contributed by atoms with Crippen LogP contribution in [0.3, 0.4) is 0 Å². The summed E-state index contributed by atoms with van der Waals surface area (Å²) in [6.07, 6.45) is 0. The predicted octanol–water partition coefficient (Wildman–Crippen LogP) is 3.04. The minimum absolute atomic E-state index is 0.00991. The van der Waals surface area contributed by atoms with Crippen LogP contribution in [0, 0.1) is 0 Å². The molecule has 0 aliphatic heterocycles. The predicted molar refractivity (Wildman–Crippen MR) is 85.2 cm³/mol. The Hall–Kier alpha value is -2.63. The summed E-state index contributed by atoms with van der Waals surface area (Å²) < 4.78 is 6.56. The molecule has 0 aliphatic rings. The highest BCUT2D eigenvalue weighted by Crippen LogP contribution is 2.31. The van der Waals surface area contributed by atoms with Crippen LogP contribution in [0.1, 0.15) is 54.2 Å². The zero-order valence-electron chi connectivity index (χ0n) is 13.7. The summed E-state index contributed by atoms with van der Waals surface area (Å²) in [5.74, 6) is -1.93. The number of ether oxygens (including phenoxy) is 1. The third-order valence-corrected chi connectivity index (χ3v) is 3.28. The number of hydrogen-bond acceptors (Lipinski definition) is 4. The number of rotatable bonds is 4. The zero-order chi connectivity index (χ0) is 17.2. The number of nitrogens with zero attached hydrogens (tertiary/aromatic N) is 2. The van der Waals surface area contributed by atoms with Gasteiger partial charge in [0.2, 0.25) is 0 Å². The Morgan fingerprint density at radius 2 is 1.83 bits per heavy atom. The average Bonchev–Trinajstić information content (AvgIpc) is 2.89. The Morgan fingerprint density at radius 3 is 2.30 bits per heavy atom. The number of carbonyl (C=O) groups excluding carboxylic acids is 1. The van der Waals surface area contributed by atoms with Crippen LogP contribution in [-0.2, 0) is 10.2 Å². The van der Waals surface area contributed by atoms with Gasteiger partial charge in [-0.05, 0) is 19.1 Å². The Morgan fingerprint density at radius 1 is 1.22 bits per heavy atom. The van der Waals surface area contributed by atoms with Crippen molar-refractivity contribution in [1.29, 1.82) is 0 Å². The van der Waals surface area contributed by atoms with Crippen molar-refractivity contribution >= 4 is 11.9 Å². The SMILES string of the molecule is CCOC(=O)c1c(C(=O)O)nn(-c2ccccc2)c1C(C)(C)C. The number of aromatic carboxylic acids is 1. The lowest BCUT2D eigenvalue weighted by Crippen LogP contribution is -2.22. The molecule has 1 N–H and O–H groups in total. The van der Waals surface area contributed by atoms with Crippen molar-refractivity contribution < 1.29 is 19.4 Å². The molecule has 0 atom stereocenters. The van der Waals surface area contributed by atoms with Crippen LogP contribution in [0.2, 0.25) is 0 Å². The highest BCUT2D eigenvalue weighted by Gasteiger charge is 2.35. The van der Waals surface area contributed by atoms with Gasteiger partial charge in [-0.2, -0.15) is 5.10 Å². The molecule has 0 saturated heterocycles. The number of hydrogen-bond donors (Lipinski definition) is 1. The van der Waals surface area contributed by atoms with Crippen molar-refractivity contribution in [1.82, 2.24) is 9.78 Å². The number of carboxylic acids is 1. The van der Waals surface area contributed by atoms with E-state index in [0.717, 1.165) is 0 Å². The maximum atomic E-state index is 12.3. The molecule has 23 heavy (non-hydrogen) atoms. The fourth-order valence-corrected chi connectivity index (χ4v) is 2.41. The van der Waals surface area contributed by atoms with Gasteiger partial charge in [-0.3, -0.25) is 0 Å². The standard InChI is InChI=1S/C17H20N2O4/c1-5-23-16(22)12-13(15(20)21)18-19(14(12)17(2,3)4)11-9-7-6-8-10-11/h6-10H,5H2,1-4H3,(H,20,21). The number of carboxylic acid groups (broad SMARTS) is 1. The van der Waals surface area contributed by atoms with E-state index in [1.54, 1.807) is 6.92 Å². The van der Waals surface area contributed by atoms with Gasteiger partial charge in [0.1, 0.15) is 5.56 Å². The highest BCUT2D eigenvalue weighted by atomic mass is 16.5. The van der Waals surface area contributed by atoms with Crippen molar-refractivity contribution in [3.63, 3.8) is 0 Å². The van der Waals surface area contributed by atoms with Gasteiger partial charge in [0.05, 0.1) is 18.0 Å². The fraction of sp³-hybridized carbons (Fsp3) is 0.353. The van der Waals surface area contributed by atoms with Gasteiger partial charge in [-0.25, -0.2) is 14.3 Å². The van der Waals surface area contributed by atoms with Crippen molar-refractivity contribution in [3.05, 3.63) is 47.3 Å². The first-order chi connectivity index (χ1) is 10.8. The molecular weight excluding hydrogens is 296 g/mol. The molecule has 2 aromatic rings. The Balaban J connectivity index is 2.81. The third kappa shape index (κ3) is 3.26.